The summed E-state index contributed by atoms with van der Waals surface area (Å²) in [5.74, 6) is -1.16. The van der Waals surface area contributed by atoms with Gasteiger partial charge in [-0.2, -0.15) is 0 Å². The third kappa shape index (κ3) is 3.91. The lowest BCUT2D eigenvalue weighted by Gasteiger charge is -2.31. The number of ether oxygens (including phenoxy) is 1. The van der Waals surface area contributed by atoms with E-state index >= 15 is 0 Å². The zero-order valence-corrected chi connectivity index (χ0v) is 14.3. The summed E-state index contributed by atoms with van der Waals surface area (Å²) in [6.07, 6.45) is 0.267. The first-order chi connectivity index (χ1) is 10.7. The smallest absolute Gasteiger partial charge is 0.254 e. The third-order valence-corrected chi connectivity index (χ3v) is 4.26. The molecule has 0 aromatic heterocycles. The fraction of sp³-hybridized carbons (Fsp3) is 0.556. The van der Waals surface area contributed by atoms with Crippen molar-refractivity contribution in [3.8, 4) is 0 Å². The number of rotatable bonds is 4. The van der Waals surface area contributed by atoms with Crippen LogP contribution in [0.1, 0.15) is 40.9 Å². The number of nitrogens with zero attached hydrogens (tertiary/aromatic N) is 1. The quantitative estimate of drug-likeness (QED) is 0.833. The Morgan fingerprint density at radius 1 is 1.22 bits per heavy atom. The van der Waals surface area contributed by atoms with Crippen LogP contribution in [0.4, 0.5) is 0 Å². The van der Waals surface area contributed by atoms with Crippen LogP contribution in [-0.4, -0.2) is 43.1 Å². The number of amides is 1. The predicted molar refractivity (Wildman–Crippen MR) is 85.1 cm³/mol. The lowest BCUT2D eigenvalue weighted by molar-refractivity contribution is -0.317. The van der Waals surface area contributed by atoms with Gasteiger partial charge < -0.3 is 19.5 Å². The van der Waals surface area contributed by atoms with Crippen LogP contribution in [0.5, 0.6) is 0 Å². The molecule has 1 aliphatic heterocycles. The zero-order chi connectivity index (χ0) is 17.2. The molecule has 5 heteroatoms. The third-order valence-electron chi connectivity index (χ3n) is 4.26. The number of carbonyl (C=O) groups excluding carboxylic acids is 2. The van der Waals surface area contributed by atoms with Crippen LogP contribution in [0.3, 0.4) is 0 Å². The van der Waals surface area contributed by atoms with Crippen molar-refractivity contribution < 1.29 is 19.4 Å². The fourth-order valence-electron chi connectivity index (χ4n) is 2.97. The van der Waals surface area contributed by atoms with Gasteiger partial charge in [-0.05, 0) is 31.4 Å². The standard InChI is InChI=1S/C18H25NO4/c1-12-9-13(2)15(16(20)19-5-7-23-8-6-19)14(10-12)11-18(3,4)17(21)22/h9-10H,5-8,11H2,1-4H3,(H,21,22)/p-1. The average Bonchev–Trinajstić information content (AvgIpc) is 2.46. The number of morpholine rings is 1. The Morgan fingerprint density at radius 3 is 2.39 bits per heavy atom. The van der Waals surface area contributed by atoms with E-state index in [0.717, 1.165) is 16.7 Å². The van der Waals surface area contributed by atoms with Crippen LogP contribution in [0.25, 0.3) is 0 Å². The van der Waals surface area contributed by atoms with Gasteiger partial charge in [-0.15, -0.1) is 0 Å². The van der Waals surface area contributed by atoms with Gasteiger partial charge in [0.1, 0.15) is 0 Å². The van der Waals surface area contributed by atoms with Crippen molar-refractivity contribution in [2.75, 3.05) is 26.3 Å². The van der Waals surface area contributed by atoms with Crippen molar-refractivity contribution in [2.24, 2.45) is 5.41 Å². The first-order valence-electron chi connectivity index (χ1n) is 7.91. The Kier molecular flexibility index (Phi) is 5.09. The molecular formula is C18H24NO4-. The normalized spacial score (nSPS) is 15.6. The minimum atomic E-state index is -1.11. The molecule has 1 aromatic carbocycles. The number of carboxylic acid groups (broad SMARTS) is 1. The lowest BCUT2D eigenvalue weighted by atomic mass is 9.82. The number of aryl methyl sites for hydroxylation is 2. The predicted octanol–water partition coefficient (Wildman–Crippen LogP) is 1.09. The highest BCUT2D eigenvalue weighted by atomic mass is 16.5. The summed E-state index contributed by atoms with van der Waals surface area (Å²) in [7, 11) is 0. The number of benzene rings is 1. The van der Waals surface area contributed by atoms with Crippen molar-refractivity contribution in [3.05, 3.63) is 34.4 Å². The lowest BCUT2D eigenvalue weighted by Crippen LogP contribution is -2.42. The molecule has 0 spiro atoms. The van der Waals surface area contributed by atoms with Gasteiger partial charge in [0.2, 0.25) is 0 Å². The van der Waals surface area contributed by atoms with Gasteiger partial charge in [0.15, 0.2) is 0 Å². The fourth-order valence-corrected chi connectivity index (χ4v) is 2.97. The number of aliphatic carboxylic acids is 1. The highest BCUT2D eigenvalue weighted by Gasteiger charge is 2.27. The molecule has 0 atom stereocenters. The van der Waals surface area contributed by atoms with Crippen molar-refractivity contribution >= 4 is 11.9 Å². The second-order valence-electron chi connectivity index (χ2n) is 6.87. The molecule has 0 unspecified atom stereocenters. The monoisotopic (exact) mass is 318 g/mol. The summed E-state index contributed by atoms with van der Waals surface area (Å²) in [6.45, 7) is 9.31. The highest BCUT2D eigenvalue weighted by Crippen LogP contribution is 2.27. The van der Waals surface area contributed by atoms with E-state index in [2.05, 4.69) is 0 Å². The van der Waals surface area contributed by atoms with Gasteiger partial charge in [-0.3, -0.25) is 4.79 Å². The summed E-state index contributed by atoms with van der Waals surface area (Å²) in [5.41, 5.74) is 2.26. The van der Waals surface area contributed by atoms with Gasteiger partial charge in [-0.25, -0.2) is 0 Å². The number of hydrogen-bond donors (Lipinski definition) is 0. The van der Waals surface area contributed by atoms with E-state index in [0.29, 0.717) is 31.9 Å². The van der Waals surface area contributed by atoms with E-state index in [1.807, 2.05) is 26.0 Å². The van der Waals surface area contributed by atoms with Crippen LogP contribution in [0, 0.1) is 19.3 Å². The Hall–Kier alpha value is -1.88. The van der Waals surface area contributed by atoms with Gasteiger partial charge in [0.05, 0.1) is 13.2 Å². The molecule has 0 N–H and O–H groups in total. The minimum Gasteiger partial charge on any atom is -0.550 e. The molecule has 1 saturated heterocycles. The minimum absolute atomic E-state index is 0.0463. The molecule has 0 bridgehead atoms. The number of hydrogen-bond acceptors (Lipinski definition) is 4. The van der Waals surface area contributed by atoms with Gasteiger partial charge >= 0.3 is 0 Å². The summed E-state index contributed by atoms with van der Waals surface area (Å²) in [6, 6.07) is 3.87. The molecule has 126 valence electrons. The second-order valence-corrected chi connectivity index (χ2v) is 6.87. The molecule has 5 nitrogen and oxygen atoms in total. The van der Waals surface area contributed by atoms with Crippen molar-refractivity contribution in [1.82, 2.24) is 4.90 Å². The summed E-state index contributed by atoms with van der Waals surface area (Å²) in [4.78, 5) is 26.0. The van der Waals surface area contributed by atoms with Crippen molar-refractivity contribution in [3.63, 3.8) is 0 Å². The van der Waals surface area contributed by atoms with Crippen LogP contribution >= 0.6 is 0 Å². The average molecular weight is 318 g/mol. The maximum Gasteiger partial charge on any atom is 0.254 e. The van der Waals surface area contributed by atoms with E-state index in [1.54, 1.807) is 18.7 Å². The maximum absolute atomic E-state index is 12.9. The molecule has 2 rings (SSSR count). The second kappa shape index (κ2) is 6.71. The Morgan fingerprint density at radius 2 is 1.83 bits per heavy atom. The first-order valence-corrected chi connectivity index (χ1v) is 7.91. The number of carbonyl (C=O) groups is 2. The van der Waals surface area contributed by atoms with Crippen LogP contribution in [0.15, 0.2) is 12.1 Å². The SMILES string of the molecule is Cc1cc(C)c(C(=O)N2CCOCC2)c(CC(C)(C)C(=O)[O-])c1. The van der Waals surface area contributed by atoms with E-state index in [4.69, 9.17) is 4.74 Å². The van der Waals surface area contributed by atoms with Crippen molar-refractivity contribution in [1.29, 1.82) is 0 Å². The maximum atomic E-state index is 12.9. The van der Waals surface area contributed by atoms with Crippen LogP contribution < -0.4 is 5.11 Å². The molecular weight excluding hydrogens is 294 g/mol. The summed E-state index contributed by atoms with van der Waals surface area (Å²) < 4.78 is 5.30. The highest BCUT2D eigenvalue weighted by molar-refractivity contribution is 5.97. The van der Waals surface area contributed by atoms with Crippen molar-refractivity contribution in [2.45, 2.75) is 34.1 Å². The first kappa shape index (κ1) is 17.5. The molecule has 1 aliphatic rings. The molecule has 0 radical (unpaired) electrons. The van der Waals surface area contributed by atoms with Gasteiger partial charge in [0, 0.05) is 30.0 Å². The van der Waals surface area contributed by atoms with E-state index in [-0.39, 0.29) is 12.3 Å². The zero-order valence-electron chi connectivity index (χ0n) is 14.3. The molecule has 1 fully saturated rings. The van der Waals surface area contributed by atoms with Gasteiger partial charge in [-0.1, -0.05) is 31.5 Å². The Bertz CT molecular complexity index is 616. The number of carboxylic acids is 1. The molecule has 1 aromatic rings. The largest absolute Gasteiger partial charge is 0.550 e. The molecule has 0 aliphatic carbocycles. The van der Waals surface area contributed by atoms with E-state index in [1.165, 1.54) is 0 Å². The molecule has 1 heterocycles. The van der Waals surface area contributed by atoms with E-state index in [9.17, 15) is 14.7 Å². The van der Waals surface area contributed by atoms with Crippen LogP contribution in [-0.2, 0) is 16.0 Å². The summed E-state index contributed by atoms with van der Waals surface area (Å²) in [5, 5.41) is 11.4. The van der Waals surface area contributed by atoms with Crippen LogP contribution in [0.2, 0.25) is 0 Å². The molecule has 23 heavy (non-hydrogen) atoms. The Balaban J connectivity index is 2.41. The molecule has 0 saturated carbocycles. The Labute approximate surface area is 137 Å². The molecule has 1 amide bonds. The topological polar surface area (TPSA) is 69.7 Å². The van der Waals surface area contributed by atoms with Gasteiger partial charge in [0.25, 0.3) is 5.91 Å². The summed E-state index contributed by atoms with van der Waals surface area (Å²) >= 11 is 0. The van der Waals surface area contributed by atoms with E-state index < -0.39 is 11.4 Å².